The molecule has 2 saturated heterocycles. The number of urea groups is 1. The van der Waals surface area contributed by atoms with Crippen molar-refractivity contribution in [3.05, 3.63) is 52.0 Å². The van der Waals surface area contributed by atoms with Crippen LogP contribution in [-0.4, -0.2) is 147 Å². The molecule has 0 saturated carbocycles. The normalized spacial score (nSPS) is 17.6. The maximum atomic E-state index is 14.1. The number of nitrogens with zero attached hydrogens (tertiary/aromatic N) is 5. The summed E-state index contributed by atoms with van der Waals surface area (Å²) < 4.78 is 58.0. The molecular weight excluding hydrogens is 835 g/mol. The van der Waals surface area contributed by atoms with Crippen molar-refractivity contribution in [2.24, 2.45) is 11.8 Å². The lowest BCUT2D eigenvalue weighted by molar-refractivity contribution is -0.151. The number of alkyl halides is 3. The molecule has 62 heavy (non-hydrogen) atoms. The molecule has 3 aliphatic rings. The number of piperidine rings is 2. The van der Waals surface area contributed by atoms with Gasteiger partial charge in [-0.25, -0.2) is 9.59 Å². The van der Waals surface area contributed by atoms with Gasteiger partial charge in [-0.1, -0.05) is 18.5 Å². The largest absolute Gasteiger partial charge is 0.497 e. The molecular formula is C43H59ClF3N7O8. The summed E-state index contributed by atoms with van der Waals surface area (Å²) in [6, 6.07) is 7.15. The summed E-state index contributed by atoms with van der Waals surface area (Å²) in [5.74, 6) is -0.0292. The molecule has 0 bridgehead atoms. The number of likely N-dealkylation sites (N-methyl/N-ethyl adjacent to an activating group) is 2. The number of methoxy groups -OCH3 is 1. The number of anilines is 2. The van der Waals surface area contributed by atoms with E-state index in [-0.39, 0.29) is 67.0 Å². The molecule has 0 aliphatic carbocycles. The number of carbonyl (C=O) groups excluding carboxylic acids is 5. The van der Waals surface area contributed by atoms with Gasteiger partial charge in [0.2, 0.25) is 0 Å². The number of amides is 5. The van der Waals surface area contributed by atoms with Crippen LogP contribution in [0.1, 0.15) is 62.1 Å². The van der Waals surface area contributed by atoms with Crippen molar-refractivity contribution in [3.63, 3.8) is 0 Å². The fraction of sp³-hybridized carbons (Fsp3) is 0.605. The number of ether oxygens (including phenoxy) is 3. The molecule has 2 aromatic carbocycles. The number of nitrogen functional groups attached to an aromatic ring is 1. The lowest BCUT2D eigenvalue weighted by Gasteiger charge is -2.38. The van der Waals surface area contributed by atoms with E-state index < -0.39 is 41.5 Å². The molecule has 5 rings (SSSR count). The topological polar surface area (TPSA) is 167 Å². The first-order valence-electron chi connectivity index (χ1n) is 21.0. The Morgan fingerprint density at radius 3 is 2.34 bits per heavy atom. The van der Waals surface area contributed by atoms with Gasteiger partial charge in [0.25, 0.3) is 11.8 Å². The number of likely N-dealkylation sites (tertiary alicyclic amines) is 2. The number of hydrogen-bond acceptors (Lipinski definition) is 10. The van der Waals surface area contributed by atoms with Crippen LogP contribution in [-0.2, 0) is 42.9 Å². The lowest BCUT2D eigenvalue weighted by Crippen LogP contribution is -2.51. The van der Waals surface area contributed by atoms with Crippen LogP contribution in [0.2, 0.25) is 5.02 Å². The third-order valence-electron chi connectivity index (χ3n) is 12.3. The van der Waals surface area contributed by atoms with E-state index in [1.54, 1.807) is 39.2 Å². The molecule has 0 radical (unpaired) electrons. The van der Waals surface area contributed by atoms with Crippen LogP contribution in [0.15, 0.2) is 30.3 Å². The van der Waals surface area contributed by atoms with Gasteiger partial charge in [-0.05, 0) is 105 Å². The summed E-state index contributed by atoms with van der Waals surface area (Å²) in [6.07, 6.45) is -3.36. The zero-order chi connectivity index (χ0) is 45.3. The molecule has 342 valence electrons. The lowest BCUT2D eigenvalue weighted by atomic mass is 9.83. The SMILES string of the molecule is COc1ccc2c(c1)CCN(C1CCN(C(=O)O[C@H](Cc3cc(Cl)c(N)c(C(F)(F)F)c3)C(=O)N(C)CCC(C)C3CCN(CCC(=O)OCC(=O)N(C)C)CC3)CC1)C(=O)N2. The molecule has 1 unspecified atom stereocenters. The number of rotatable bonds is 15. The van der Waals surface area contributed by atoms with E-state index in [1.165, 1.54) is 20.8 Å². The van der Waals surface area contributed by atoms with Crippen molar-refractivity contribution in [1.29, 1.82) is 0 Å². The van der Waals surface area contributed by atoms with Gasteiger partial charge in [0.1, 0.15) is 5.75 Å². The predicted molar refractivity (Wildman–Crippen MR) is 227 cm³/mol. The van der Waals surface area contributed by atoms with Crippen LogP contribution in [0.4, 0.5) is 34.1 Å². The summed E-state index contributed by atoms with van der Waals surface area (Å²) in [5.41, 5.74) is 5.58. The molecule has 2 aromatic rings. The number of carbonyl (C=O) groups is 5. The van der Waals surface area contributed by atoms with Gasteiger partial charge < -0.3 is 49.8 Å². The minimum absolute atomic E-state index is 0.0241. The monoisotopic (exact) mass is 893 g/mol. The first-order chi connectivity index (χ1) is 29.3. The number of esters is 1. The van der Waals surface area contributed by atoms with Gasteiger partial charge in [-0.3, -0.25) is 14.4 Å². The minimum Gasteiger partial charge on any atom is -0.497 e. The highest BCUT2D eigenvalue weighted by molar-refractivity contribution is 6.33. The molecule has 5 amide bonds. The molecule has 2 atom stereocenters. The Morgan fingerprint density at radius 1 is 1.00 bits per heavy atom. The van der Waals surface area contributed by atoms with E-state index >= 15 is 0 Å². The predicted octanol–water partition coefficient (Wildman–Crippen LogP) is 5.77. The molecule has 2 fully saturated rings. The highest BCUT2D eigenvalue weighted by atomic mass is 35.5. The smallest absolute Gasteiger partial charge is 0.418 e. The van der Waals surface area contributed by atoms with Gasteiger partial charge in [0, 0.05) is 72.0 Å². The number of fused-ring (bicyclic) bond motifs is 1. The highest BCUT2D eigenvalue weighted by Gasteiger charge is 2.37. The van der Waals surface area contributed by atoms with Gasteiger partial charge in [-0.15, -0.1) is 0 Å². The zero-order valence-corrected chi connectivity index (χ0v) is 36.9. The van der Waals surface area contributed by atoms with Crippen LogP contribution >= 0.6 is 11.6 Å². The first kappa shape index (κ1) is 48.1. The number of hydrogen-bond donors (Lipinski definition) is 2. The fourth-order valence-electron chi connectivity index (χ4n) is 8.21. The van der Waals surface area contributed by atoms with Gasteiger partial charge in [0.05, 0.1) is 29.8 Å². The third-order valence-corrected chi connectivity index (χ3v) is 12.6. The second-order valence-corrected chi connectivity index (χ2v) is 17.0. The Kier molecular flexibility index (Phi) is 16.6. The van der Waals surface area contributed by atoms with Gasteiger partial charge in [0.15, 0.2) is 12.7 Å². The van der Waals surface area contributed by atoms with E-state index in [0.717, 1.165) is 37.6 Å². The Labute approximate surface area is 365 Å². The summed E-state index contributed by atoms with van der Waals surface area (Å²) in [4.78, 5) is 73.1. The Hall–Kier alpha value is -4.97. The van der Waals surface area contributed by atoms with Crippen molar-refractivity contribution < 1.29 is 51.4 Å². The Balaban J connectivity index is 1.17. The Bertz CT molecular complexity index is 1920. The molecule has 3 N–H and O–H groups in total. The molecule has 0 aromatic heterocycles. The molecule has 19 heteroatoms. The van der Waals surface area contributed by atoms with Gasteiger partial charge >= 0.3 is 24.3 Å². The molecule has 0 spiro atoms. The minimum atomic E-state index is -4.81. The quantitative estimate of drug-likeness (QED) is 0.166. The Morgan fingerprint density at radius 2 is 1.69 bits per heavy atom. The third kappa shape index (κ3) is 12.8. The number of nitrogens with two attached hydrogens (primary N) is 1. The molecule has 3 heterocycles. The summed E-state index contributed by atoms with van der Waals surface area (Å²) in [7, 11) is 6.34. The second kappa shape index (κ2) is 21.4. The van der Waals surface area contributed by atoms with Crippen LogP contribution in [0.25, 0.3) is 0 Å². The van der Waals surface area contributed by atoms with E-state index in [4.69, 9.17) is 31.5 Å². The van der Waals surface area contributed by atoms with E-state index in [1.807, 2.05) is 12.1 Å². The number of benzene rings is 2. The van der Waals surface area contributed by atoms with Crippen LogP contribution in [0.3, 0.4) is 0 Å². The van der Waals surface area contributed by atoms with Gasteiger partial charge in [-0.2, -0.15) is 13.2 Å². The van der Waals surface area contributed by atoms with Crippen molar-refractivity contribution in [3.8, 4) is 5.75 Å². The van der Waals surface area contributed by atoms with Crippen molar-refractivity contribution in [2.45, 2.75) is 76.6 Å². The standard InChI is InChI=1S/C43H59ClF3N7O8/c1-27(29-9-16-52(17-10-29)18-14-38(56)61-26-37(55)50(2)3)8-15-51(4)40(57)36(24-28-22-33(43(45,46)47)39(48)34(44)23-28)62-42(59)53-19-12-31(13-20-53)54-21-11-30-25-32(60-5)6-7-35(30)49-41(54)58/h6-7,22-23,25,27,29,31,36H,8-21,24,26,48H2,1-5H3,(H,49,58)/t27?,36-/m1/s1. The van der Waals surface area contributed by atoms with E-state index in [9.17, 15) is 37.1 Å². The van der Waals surface area contributed by atoms with Crippen LogP contribution in [0.5, 0.6) is 5.75 Å². The number of halogens is 4. The molecule has 3 aliphatic heterocycles. The average Bonchev–Trinajstić information content (AvgIpc) is 3.41. The van der Waals surface area contributed by atoms with Crippen molar-refractivity contribution in [2.75, 3.05) is 91.7 Å². The van der Waals surface area contributed by atoms with E-state index in [0.29, 0.717) is 62.7 Å². The van der Waals surface area contributed by atoms with Crippen molar-refractivity contribution in [1.82, 2.24) is 24.5 Å². The summed E-state index contributed by atoms with van der Waals surface area (Å²) >= 11 is 6.14. The summed E-state index contributed by atoms with van der Waals surface area (Å²) in [5, 5.41) is 2.64. The maximum absolute atomic E-state index is 14.1. The molecule has 15 nitrogen and oxygen atoms in total. The van der Waals surface area contributed by atoms with Crippen molar-refractivity contribution >= 4 is 52.9 Å². The van der Waals surface area contributed by atoms with Crippen LogP contribution in [0, 0.1) is 11.8 Å². The first-order valence-corrected chi connectivity index (χ1v) is 21.4. The van der Waals surface area contributed by atoms with Crippen LogP contribution < -0.4 is 15.8 Å². The summed E-state index contributed by atoms with van der Waals surface area (Å²) in [6.45, 7) is 5.15. The fourth-order valence-corrected chi connectivity index (χ4v) is 8.45. The van der Waals surface area contributed by atoms with E-state index in [2.05, 4.69) is 17.1 Å². The zero-order valence-electron chi connectivity index (χ0n) is 36.1. The highest BCUT2D eigenvalue weighted by Crippen LogP contribution is 2.38. The number of nitrogens with one attached hydrogen (secondary N) is 1. The average molecular weight is 894 g/mol. The second-order valence-electron chi connectivity index (χ2n) is 16.6. The maximum Gasteiger partial charge on any atom is 0.418 e.